The molecule has 0 amide bonds. The lowest BCUT2D eigenvalue weighted by Gasteiger charge is -2.06. The molecule has 6 heteroatoms. The highest BCUT2D eigenvalue weighted by Crippen LogP contribution is 2.35. The normalized spacial score (nSPS) is 10.3. The van der Waals surface area contributed by atoms with Crippen LogP contribution in [0.4, 0.5) is 0 Å². The third kappa shape index (κ3) is 3.05. The third-order valence-electron chi connectivity index (χ3n) is 2.11. The maximum Gasteiger partial charge on any atom is 0.174 e. The molecular formula is C12H11N3S3. The maximum atomic E-state index is 9.30. The monoisotopic (exact) mass is 293 g/mol. The molecule has 0 aliphatic rings. The number of aryl methyl sites for hydroxylation is 1. The van der Waals surface area contributed by atoms with E-state index >= 15 is 0 Å². The summed E-state index contributed by atoms with van der Waals surface area (Å²) < 4.78 is 5.03. The molecule has 0 saturated carbocycles. The minimum Gasteiger partial charge on any atom is -0.213 e. The summed E-state index contributed by atoms with van der Waals surface area (Å²) in [5.41, 5.74) is 0.738. The van der Waals surface area contributed by atoms with Gasteiger partial charge in [-0.15, -0.1) is 11.8 Å². The van der Waals surface area contributed by atoms with Gasteiger partial charge in [0.1, 0.15) is 11.9 Å². The van der Waals surface area contributed by atoms with Crippen molar-refractivity contribution >= 4 is 35.1 Å². The molecule has 1 aromatic carbocycles. The Kier molecular flexibility index (Phi) is 4.64. The Morgan fingerprint density at radius 2 is 2.17 bits per heavy atom. The van der Waals surface area contributed by atoms with Crippen LogP contribution in [0.15, 0.2) is 32.3 Å². The third-order valence-corrected chi connectivity index (χ3v) is 4.95. The topological polar surface area (TPSA) is 49.6 Å². The van der Waals surface area contributed by atoms with Gasteiger partial charge in [-0.2, -0.15) is 9.64 Å². The van der Waals surface area contributed by atoms with Gasteiger partial charge in [-0.1, -0.05) is 24.8 Å². The van der Waals surface area contributed by atoms with Crippen molar-refractivity contribution in [3.05, 3.63) is 29.6 Å². The fraction of sp³-hybridized carbons (Fsp3) is 0.250. The van der Waals surface area contributed by atoms with Crippen molar-refractivity contribution in [3.63, 3.8) is 0 Å². The SMILES string of the molecule is CCSc1cccc(Sc2nc(C)ns2)c1C#N. The van der Waals surface area contributed by atoms with Crippen molar-refractivity contribution in [2.24, 2.45) is 0 Å². The molecule has 2 rings (SSSR count). The van der Waals surface area contributed by atoms with Crippen LogP contribution in [0, 0.1) is 18.3 Å². The molecule has 0 radical (unpaired) electrons. The van der Waals surface area contributed by atoms with E-state index in [9.17, 15) is 5.26 Å². The minimum atomic E-state index is 0.738. The van der Waals surface area contributed by atoms with Crippen LogP contribution in [0.1, 0.15) is 18.3 Å². The van der Waals surface area contributed by atoms with Crippen molar-refractivity contribution < 1.29 is 0 Å². The molecule has 0 aliphatic carbocycles. The molecule has 0 saturated heterocycles. The zero-order valence-corrected chi connectivity index (χ0v) is 12.5. The van der Waals surface area contributed by atoms with Crippen LogP contribution in [0.2, 0.25) is 0 Å². The van der Waals surface area contributed by atoms with E-state index in [4.69, 9.17) is 0 Å². The molecule has 1 heterocycles. The molecule has 0 spiro atoms. The maximum absolute atomic E-state index is 9.30. The Bertz CT molecular complexity index is 586. The van der Waals surface area contributed by atoms with Gasteiger partial charge in [0.2, 0.25) is 0 Å². The summed E-state index contributed by atoms with van der Waals surface area (Å²) in [6.07, 6.45) is 0. The van der Waals surface area contributed by atoms with Crippen molar-refractivity contribution in [2.45, 2.75) is 28.0 Å². The first-order chi connectivity index (χ1) is 8.74. The van der Waals surface area contributed by atoms with E-state index in [0.717, 1.165) is 31.3 Å². The van der Waals surface area contributed by atoms with Crippen LogP contribution >= 0.6 is 35.1 Å². The number of aromatic nitrogens is 2. The quantitative estimate of drug-likeness (QED) is 0.798. The Hall–Kier alpha value is -1.03. The lowest BCUT2D eigenvalue weighted by atomic mass is 10.2. The molecular weight excluding hydrogens is 282 g/mol. The van der Waals surface area contributed by atoms with E-state index in [-0.39, 0.29) is 0 Å². The molecule has 0 N–H and O–H groups in total. The molecule has 2 aromatic rings. The highest BCUT2D eigenvalue weighted by molar-refractivity contribution is 8.01. The number of rotatable bonds is 4. The Labute approximate surface area is 119 Å². The average molecular weight is 293 g/mol. The summed E-state index contributed by atoms with van der Waals surface area (Å²) in [5.74, 6) is 1.74. The summed E-state index contributed by atoms with van der Waals surface area (Å²) in [7, 11) is 0. The van der Waals surface area contributed by atoms with E-state index < -0.39 is 0 Å². The predicted octanol–water partition coefficient (Wildman–Crippen LogP) is 3.98. The van der Waals surface area contributed by atoms with Crippen molar-refractivity contribution in [1.29, 1.82) is 5.26 Å². The molecule has 0 unspecified atom stereocenters. The smallest absolute Gasteiger partial charge is 0.174 e. The largest absolute Gasteiger partial charge is 0.213 e. The second-order valence-corrected chi connectivity index (χ2v) is 6.73. The van der Waals surface area contributed by atoms with Crippen molar-refractivity contribution in [2.75, 3.05) is 5.75 Å². The van der Waals surface area contributed by atoms with Crippen molar-refractivity contribution in [3.8, 4) is 6.07 Å². The second kappa shape index (κ2) is 6.23. The number of benzene rings is 1. The first-order valence-electron chi connectivity index (χ1n) is 5.38. The zero-order chi connectivity index (χ0) is 13.0. The number of hydrogen-bond donors (Lipinski definition) is 0. The number of nitrogens with zero attached hydrogens (tertiary/aromatic N) is 3. The van der Waals surface area contributed by atoms with E-state index in [1.54, 1.807) is 11.8 Å². The van der Waals surface area contributed by atoms with Crippen LogP contribution < -0.4 is 0 Å². The standard InChI is InChI=1S/C12H11N3S3/c1-3-16-10-5-4-6-11(9(10)7-13)17-12-14-8(2)15-18-12/h4-6H,3H2,1-2H3. The summed E-state index contributed by atoms with van der Waals surface area (Å²) in [5, 5.41) is 9.30. The zero-order valence-electron chi connectivity index (χ0n) is 10.0. The van der Waals surface area contributed by atoms with Crippen LogP contribution in [0.3, 0.4) is 0 Å². The van der Waals surface area contributed by atoms with Gasteiger partial charge >= 0.3 is 0 Å². The molecule has 3 nitrogen and oxygen atoms in total. The van der Waals surface area contributed by atoms with Crippen LogP contribution in [-0.4, -0.2) is 15.1 Å². The highest BCUT2D eigenvalue weighted by atomic mass is 32.2. The first kappa shape index (κ1) is 13.4. The first-order valence-corrected chi connectivity index (χ1v) is 7.96. The Morgan fingerprint density at radius 1 is 1.39 bits per heavy atom. The Morgan fingerprint density at radius 3 is 2.78 bits per heavy atom. The van der Waals surface area contributed by atoms with Crippen LogP contribution in [0.25, 0.3) is 0 Å². The molecule has 92 valence electrons. The lowest BCUT2D eigenvalue weighted by Crippen LogP contribution is -1.86. The predicted molar refractivity (Wildman–Crippen MR) is 76.3 cm³/mol. The number of hydrogen-bond acceptors (Lipinski definition) is 6. The minimum absolute atomic E-state index is 0.738. The fourth-order valence-electron chi connectivity index (χ4n) is 1.40. The number of nitriles is 1. The van der Waals surface area contributed by atoms with Gasteiger partial charge in [0.05, 0.1) is 5.56 Å². The average Bonchev–Trinajstić information content (AvgIpc) is 2.76. The van der Waals surface area contributed by atoms with Crippen molar-refractivity contribution in [1.82, 2.24) is 9.36 Å². The molecule has 0 bridgehead atoms. The van der Waals surface area contributed by atoms with Crippen LogP contribution in [-0.2, 0) is 0 Å². The molecule has 0 atom stereocenters. The summed E-state index contributed by atoms with van der Waals surface area (Å²) in [4.78, 5) is 6.30. The Balaban J connectivity index is 2.33. The summed E-state index contributed by atoms with van der Waals surface area (Å²) >= 11 is 4.57. The molecule has 0 fully saturated rings. The van der Waals surface area contributed by atoms with Gasteiger partial charge < -0.3 is 0 Å². The van der Waals surface area contributed by atoms with Gasteiger partial charge in [-0.05, 0) is 36.3 Å². The van der Waals surface area contributed by atoms with Gasteiger partial charge in [0.15, 0.2) is 4.34 Å². The summed E-state index contributed by atoms with van der Waals surface area (Å²) in [6.45, 7) is 3.95. The van der Waals surface area contributed by atoms with E-state index in [0.29, 0.717) is 0 Å². The van der Waals surface area contributed by atoms with Gasteiger partial charge in [0.25, 0.3) is 0 Å². The number of thioether (sulfide) groups is 1. The van der Waals surface area contributed by atoms with Gasteiger partial charge in [-0.25, -0.2) is 4.98 Å². The highest BCUT2D eigenvalue weighted by Gasteiger charge is 2.11. The van der Waals surface area contributed by atoms with E-state index in [1.165, 1.54) is 23.3 Å². The second-order valence-electron chi connectivity index (χ2n) is 3.38. The molecule has 18 heavy (non-hydrogen) atoms. The van der Waals surface area contributed by atoms with E-state index in [2.05, 4.69) is 22.4 Å². The van der Waals surface area contributed by atoms with Gasteiger partial charge in [0, 0.05) is 9.79 Å². The molecule has 0 aliphatic heterocycles. The lowest BCUT2D eigenvalue weighted by molar-refractivity contribution is 1.10. The van der Waals surface area contributed by atoms with Crippen LogP contribution in [0.5, 0.6) is 0 Å². The van der Waals surface area contributed by atoms with Gasteiger partial charge in [-0.3, -0.25) is 0 Å². The fourth-order valence-corrected chi connectivity index (χ4v) is 3.97. The summed E-state index contributed by atoms with van der Waals surface area (Å²) in [6, 6.07) is 8.22. The van der Waals surface area contributed by atoms with E-state index in [1.807, 2.05) is 25.1 Å². The molecule has 1 aromatic heterocycles.